The molecule has 0 aliphatic rings. The molecular weight excluding hydrogens is 521 g/mol. The number of alkyl halides is 4. The van der Waals surface area contributed by atoms with Crippen LogP contribution < -0.4 is 11.1 Å². The number of carbonyl (C=O) groups is 1. The zero-order valence-electron chi connectivity index (χ0n) is 19.5. The molecule has 12 heteroatoms. The van der Waals surface area contributed by atoms with E-state index < -0.39 is 48.1 Å². The Balaban J connectivity index is 2.07. The highest BCUT2D eigenvalue weighted by Crippen LogP contribution is 2.40. The van der Waals surface area contributed by atoms with E-state index in [9.17, 15) is 31.9 Å². The van der Waals surface area contributed by atoms with Crippen molar-refractivity contribution in [1.29, 1.82) is 0 Å². The van der Waals surface area contributed by atoms with Gasteiger partial charge in [-0.2, -0.15) is 13.2 Å². The van der Waals surface area contributed by atoms with Crippen LogP contribution in [0.5, 0.6) is 0 Å². The Kier molecular flexibility index (Phi) is 8.41. The number of halogens is 6. The minimum absolute atomic E-state index is 0.0731. The molecule has 0 bridgehead atoms. The van der Waals surface area contributed by atoms with E-state index in [1.807, 2.05) is 0 Å². The number of hydrogen-bond donors (Lipinski definition) is 3. The van der Waals surface area contributed by atoms with E-state index in [2.05, 4.69) is 10.3 Å². The molecule has 2 aromatic carbocycles. The minimum Gasteiger partial charge on any atom is -0.445 e. The summed E-state index contributed by atoms with van der Waals surface area (Å²) in [4.78, 5) is 16.4. The predicted molar refractivity (Wildman–Crippen MR) is 127 cm³/mol. The molecule has 3 rings (SSSR count). The molecule has 4 N–H and O–H groups in total. The number of nitrogens with one attached hydrogen (secondary N) is 1. The number of rotatable bonds is 8. The summed E-state index contributed by atoms with van der Waals surface area (Å²) in [5, 5.41) is 12.4. The first-order chi connectivity index (χ1) is 17.3. The fourth-order valence-corrected chi connectivity index (χ4v) is 3.58. The third-order valence-electron chi connectivity index (χ3n) is 5.72. The maximum atomic E-state index is 14.4. The summed E-state index contributed by atoms with van der Waals surface area (Å²) >= 11 is 5.82. The van der Waals surface area contributed by atoms with Gasteiger partial charge < -0.3 is 20.9 Å². The molecule has 0 saturated carbocycles. The number of nitrogens with zero attached hydrogens (tertiary/aromatic N) is 1. The molecule has 198 valence electrons. The third kappa shape index (κ3) is 6.17. The van der Waals surface area contributed by atoms with Crippen LogP contribution in [-0.2, 0) is 22.5 Å². The fourth-order valence-electron chi connectivity index (χ4n) is 3.40. The fraction of sp³-hybridized carbons (Fsp3) is 0.280. The van der Waals surface area contributed by atoms with Crippen molar-refractivity contribution in [3.63, 3.8) is 0 Å². The number of ether oxygens (including phenoxy) is 1. The number of carbonyl (C=O) groups excluding carboxylic acids is 1. The molecule has 1 aromatic heterocycles. The maximum absolute atomic E-state index is 14.4. The molecule has 0 aliphatic carbocycles. The molecule has 0 spiro atoms. The van der Waals surface area contributed by atoms with Gasteiger partial charge in [-0.05, 0) is 48.4 Å². The highest BCUT2D eigenvalue weighted by atomic mass is 35.5. The van der Waals surface area contributed by atoms with Gasteiger partial charge in [-0.15, -0.1) is 0 Å². The number of benzene rings is 2. The van der Waals surface area contributed by atoms with Gasteiger partial charge in [0, 0.05) is 12.1 Å². The average Bonchev–Trinajstić information content (AvgIpc) is 2.88. The number of alkyl carbamates (subject to hydrolysis) is 1. The molecule has 0 saturated heterocycles. The van der Waals surface area contributed by atoms with Gasteiger partial charge in [0.05, 0.1) is 21.9 Å². The van der Waals surface area contributed by atoms with Crippen LogP contribution in [0.3, 0.4) is 0 Å². The van der Waals surface area contributed by atoms with Gasteiger partial charge in [0.25, 0.3) is 0 Å². The Labute approximate surface area is 214 Å². The van der Waals surface area contributed by atoms with Gasteiger partial charge in [-0.1, -0.05) is 41.9 Å². The number of aromatic nitrogens is 1. The van der Waals surface area contributed by atoms with E-state index in [4.69, 9.17) is 22.1 Å². The largest absolute Gasteiger partial charge is 0.445 e. The lowest BCUT2D eigenvalue weighted by Crippen LogP contribution is -2.50. The van der Waals surface area contributed by atoms with Gasteiger partial charge in [0.1, 0.15) is 19.1 Å². The summed E-state index contributed by atoms with van der Waals surface area (Å²) in [6.45, 7) is -1.49. The van der Waals surface area contributed by atoms with Crippen molar-refractivity contribution in [3.8, 4) is 11.3 Å². The third-order valence-corrected chi connectivity index (χ3v) is 6.01. The van der Waals surface area contributed by atoms with Crippen LogP contribution >= 0.6 is 11.6 Å². The highest BCUT2D eigenvalue weighted by Gasteiger charge is 2.55. The van der Waals surface area contributed by atoms with Gasteiger partial charge in [0.15, 0.2) is 0 Å². The van der Waals surface area contributed by atoms with Crippen molar-refractivity contribution in [2.75, 3.05) is 13.2 Å². The van der Waals surface area contributed by atoms with Crippen molar-refractivity contribution in [1.82, 2.24) is 10.3 Å². The molecule has 0 radical (unpaired) electrons. The average molecular weight is 544 g/mol. The van der Waals surface area contributed by atoms with Gasteiger partial charge >= 0.3 is 12.3 Å². The van der Waals surface area contributed by atoms with Crippen LogP contribution in [0.1, 0.15) is 23.7 Å². The zero-order valence-corrected chi connectivity index (χ0v) is 20.2. The summed E-state index contributed by atoms with van der Waals surface area (Å²) in [5.41, 5.74) is -0.855. The smallest absolute Gasteiger partial charge is 0.424 e. The molecule has 37 heavy (non-hydrogen) atoms. The minimum atomic E-state index is -5.25. The van der Waals surface area contributed by atoms with E-state index in [0.29, 0.717) is 5.56 Å². The van der Waals surface area contributed by atoms with Crippen molar-refractivity contribution in [2.45, 2.75) is 30.8 Å². The normalized spacial score (nSPS) is 14.9. The predicted octanol–water partition coefficient (Wildman–Crippen LogP) is 5.36. The summed E-state index contributed by atoms with van der Waals surface area (Å²) in [6.07, 6.45) is -6.29. The first kappa shape index (κ1) is 28.3. The first-order valence-electron chi connectivity index (χ1n) is 10.9. The van der Waals surface area contributed by atoms with E-state index in [0.717, 1.165) is 18.2 Å². The number of hydrogen-bond acceptors (Lipinski definition) is 5. The lowest BCUT2D eigenvalue weighted by molar-refractivity contribution is -0.263. The Morgan fingerprint density at radius 1 is 1.14 bits per heavy atom. The molecule has 6 nitrogen and oxygen atoms in total. The second-order valence-electron chi connectivity index (χ2n) is 8.47. The standard InChI is InChI=1S/C25H23ClF5N3O3/c1-23(13-27,34-22(35)37-12-15-5-3-2-4-6-15)17-10-20(16-7-8-19(28)18(26)9-16)33-21(11-17)24(36,14-32)25(29,30)31/h2-11,36H,12-14,32H2,1H3,(H,34,35). The quantitative estimate of drug-likeness (QED) is 0.332. The second-order valence-corrected chi connectivity index (χ2v) is 8.88. The number of nitrogens with two attached hydrogens (primary N) is 1. The lowest BCUT2D eigenvalue weighted by atomic mass is 9.88. The summed E-state index contributed by atoms with van der Waals surface area (Å²) in [6, 6.07) is 13.9. The first-order valence-corrected chi connectivity index (χ1v) is 11.2. The van der Waals surface area contributed by atoms with E-state index in [1.54, 1.807) is 30.3 Å². The highest BCUT2D eigenvalue weighted by molar-refractivity contribution is 6.31. The maximum Gasteiger partial charge on any atom is 0.424 e. The Morgan fingerprint density at radius 3 is 2.38 bits per heavy atom. The SMILES string of the molecule is CC(CF)(NC(=O)OCc1ccccc1)c1cc(-c2ccc(F)c(Cl)c2)nc(C(O)(CN)C(F)(F)F)c1. The van der Waals surface area contributed by atoms with Crippen molar-refractivity contribution < 1.29 is 36.6 Å². The van der Waals surface area contributed by atoms with Crippen LogP contribution in [0.25, 0.3) is 11.3 Å². The van der Waals surface area contributed by atoms with E-state index >= 15 is 0 Å². The molecule has 0 fully saturated rings. The van der Waals surface area contributed by atoms with Gasteiger partial charge in [0.2, 0.25) is 5.60 Å². The van der Waals surface area contributed by atoms with Crippen LogP contribution in [0.2, 0.25) is 5.02 Å². The Hall–Kier alpha value is -3.28. The van der Waals surface area contributed by atoms with Crippen molar-refractivity contribution >= 4 is 17.7 Å². The Morgan fingerprint density at radius 2 is 1.81 bits per heavy atom. The molecule has 1 amide bonds. The van der Waals surface area contributed by atoms with Crippen LogP contribution in [-0.4, -0.2) is 35.6 Å². The molecule has 2 unspecified atom stereocenters. The van der Waals surface area contributed by atoms with E-state index in [-0.39, 0.29) is 28.5 Å². The van der Waals surface area contributed by atoms with Gasteiger partial charge in [-0.25, -0.2) is 18.6 Å². The molecule has 0 aliphatic heterocycles. The Bertz CT molecular complexity index is 1260. The number of aliphatic hydroxyl groups is 1. The van der Waals surface area contributed by atoms with E-state index in [1.165, 1.54) is 19.1 Å². The number of amides is 1. The summed E-state index contributed by atoms with van der Waals surface area (Å²) in [5.74, 6) is -0.785. The molecular formula is C25H23ClF5N3O3. The molecule has 2 atom stereocenters. The molecule has 1 heterocycles. The summed E-state index contributed by atoms with van der Waals surface area (Å²) in [7, 11) is 0. The van der Waals surface area contributed by atoms with Crippen molar-refractivity contribution in [2.24, 2.45) is 5.73 Å². The molecule has 3 aromatic rings. The lowest BCUT2D eigenvalue weighted by Gasteiger charge is -2.32. The summed E-state index contributed by atoms with van der Waals surface area (Å²) < 4.78 is 74.6. The van der Waals surface area contributed by atoms with Crippen LogP contribution in [0.15, 0.2) is 60.7 Å². The zero-order chi connectivity index (χ0) is 27.4. The monoisotopic (exact) mass is 543 g/mol. The van der Waals surface area contributed by atoms with Gasteiger partial charge in [-0.3, -0.25) is 0 Å². The number of pyridine rings is 1. The topological polar surface area (TPSA) is 97.5 Å². The van der Waals surface area contributed by atoms with Crippen LogP contribution in [0.4, 0.5) is 26.7 Å². The second kappa shape index (κ2) is 11.0. The van der Waals surface area contributed by atoms with Crippen LogP contribution in [0, 0.1) is 5.82 Å². The van der Waals surface area contributed by atoms with Crippen molar-refractivity contribution in [3.05, 3.63) is 88.3 Å².